The highest BCUT2D eigenvalue weighted by Gasteiger charge is 2.32. The van der Waals surface area contributed by atoms with Crippen molar-refractivity contribution in [2.75, 3.05) is 0 Å². The lowest BCUT2D eigenvalue weighted by molar-refractivity contribution is 0.0832. The fraction of sp³-hybridized carbons (Fsp3) is 0.188. The summed E-state index contributed by atoms with van der Waals surface area (Å²) < 4.78 is -0.786. The summed E-state index contributed by atoms with van der Waals surface area (Å²) in [6, 6.07) is 18.3. The molecule has 2 rings (SSSR count). The van der Waals surface area contributed by atoms with Crippen LogP contribution >= 0.6 is 22.6 Å². The Hall–Kier alpha value is -1.40. The van der Waals surface area contributed by atoms with E-state index in [9.17, 15) is 9.90 Å². The van der Waals surface area contributed by atoms with Crippen LogP contribution in [0.15, 0.2) is 60.7 Å². The van der Waals surface area contributed by atoms with E-state index in [4.69, 9.17) is 0 Å². The summed E-state index contributed by atoms with van der Waals surface area (Å²) in [5, 5.41) is 13.3. The molecule has 0 saturated heterocycles. The highest BCUT2D eigenvalue weighted by molar-refractivity contribution is 14.1. The Bertz CT molecular complexity index is 570. The molecule has 0 bridgehead atoms. The van der Waals surface area contributed by atoms with Gasteiger partial charge in [-0.2, -0.15) is 0 Å². The molecule has 2 aromatic rings. The highest BCUT2D eigenvalue weighted by atomic mass is 127. The van der Waals surface area contributed by atoms with Crippen molar-refractivity contribution in [1.29, 1.82) is 0 Å². The number of amides is 1. The fourth-order valence-corrected chi connectivity index (χ4v) is 2.50. The maximum absolute atomic E-state index is 12.2. The summed E-state index contributed by atoms with van der Waals surface area (Å²) in [5.74, 6) is -0.197. The summed E-state index contributed by atoms with van der Waals surface area (Å²) in [5.41, 5.74) is 1.36. The number of aliphatic hydroxyl groups is 1. The molecule has 0 aliphatic carbocycles. The normalized spacial score (nSPS) is 15.2. The van der Waals surface area contributed by atoms with Crippen molar-refractivity contribution >= 4 is 28.5 Å². The number of hydrogen-bond donors (Lipinski definition) is 2. The Morgan fingerprint density at radius 1 is 1.10 bits per heavy atom. The molecular weight excluding hydrogens is 365 g/mol. The predicted molar refractivity (Wildman–Crippen MR) is 87.7 cm³/mol. The quantitative estimate of drug-likeness (QED) is 0.485. The van der Waals surface area contributed by atoms with Gasteiger partial charge in [-0.15, -0.1) is 0 Å². The average molecular weight is 381 g/mol. The van der Waals surface area contributed by atoms with Gasteiger partial charge < -0.3 is 10.4 Å². The van der Waals surface area contributed by atoms with E-state index >= 15 is 0 Å². The first-order chi connectivity index (χ1) is 9.50. The van der Waals surface area contributed by atoms with Gasteiger partial charge in [0.15, 0.2) is 0 Å². The van der Waals surface area contributed by atoms with Crippen LogP contribution in [0.5, 0.6) is 0 Å². The summed E-state index contributed by atoms with van der Waals surface area (Å²) in [6.45, 7) is 1.80. The molecule has 0 fully saturated rings. The van der Waals surface area contributed by atoms with E-state index in [0.29, 0.717) is 5.56 Å². The number of alkyl halides is 1. The Morgan fingerprint density at radius 2 is 1.60 bits per heavy atom. The first-order valence-electron chi connectivity index (χ1n) is 6.30. The van der Waals surface area contributed by atoms with Crippen LogP contribution in [0, 0.1) is 0 Å². The number of benzene rings is 2. The second-order valence-corrected chi connectivity index (χ2v) is 6.95. The molecule has 0 spiro atoms. The highest BCUT2D eigenvalue weighted by Crippen LogP contribution is 2.31. The third-order valence-electron chi connectivity index (χ3n) is 3.02. The molecule has 0 aromatic heterocycles. The van der Waals surface area contributed by atoms with Crippen LogP contribution in [0.2, 0.25) is 0 Å². The minimum Gasteiger partial charge on any atom is -0.385 e. The van der Waals surface area contributed by atoms with Gasteiger partial charge >= 0.3 is 0 Å². The zero-order valence-electron chi connectivity index (χ0n) is 11.1. The number of carbonyl (C=O) groups is 1. The van der Waals surface area contributed by atoms with E-state index in [1.165, 1.54) is 0 Å². The van der Waals surface area contributed by atoms with Crippen LogP contribution in [0.1, 0.15) is 28.9 Å². The Balaban J connectivity index is 2.13. The molecule has 0 radical (unpaired) electrons. The van der Waals surface area contributed by atoms with E-state index in [2.05, 4.69) is 27.9 Å². The van der Waals surface area contributed by atoms with Gasteiger partial charge in [-0.1, -0.05) is 71.1 Å². The SMILES string of the molecule is CC(I)(NC(=O)c1ccccc1)C(O)c1ccccc1. The number of hydrogen-bond acceptors (Lipinski definition) is 2. The van der Waals surface area contributed by atoms with Gasteiger partial charge in [0.1, 0.15) is 9.65 Å². The second-order valence-electron chi connectivity index (χ2n) is 4.71. The molecule has 1 amide bonds. The Labute approximate surface area is 132 Å². The molecule has 0 heterocycles. The molecule has 0 aliphatic heterocycles. The van der Waals surface area contributed by atoms with Crippen LogP contribution in [0.4, 0.5) is 0 Å². The van der Waals surface area contributed by atoms with E-state index in [1.807, 2.05) is 48.5 Å². The number of rotatable bonds is 4. The van der Waals surface area contributed by atoms with Crippen molar-refractivity contribution in [2.45, 2.75) is 16.6 Å². The van der Waals surface area contributed by atoms with Crippen LogP contribution in [-0.4, -0.2) is 14.6 Å². The Kier molecular flexibility index (Phi) is 4.77. The number of carbonyl (C=O) groups excluding carboxylic acids is 1. The fourth-order valence-electron chi connectivity index (χ4n) is 1.90. The van der Waals surface area contributed by atoms with Crippen molar-refractivity contribution in [3.63, 3.8) is 0 Å². The number of nitrogens with one attached hydrogen (secondary N) is 1. The van der Waals surface area contributed by atoms with Crippen molar-refractivity contribution in [2.24, 2.45) is 0 Å². The van der Waals surface area contributed by atoms with Gasteiger partial charge in [0.2, 0.25) is 0 Å². The smallest absolute Gasteiger partial charge is 0.252 e. The number of halogens is 1. The maximum Gasteiger partial charge on any atom is 0.252 e. The molecule has 0 aliphatic rings. The summed E-state index contributed by atoms with van der Waals surface area (Å²) in [7, 11) is 0. The molecular formula is C16H16INO2. The van der Waals surface area contributed by atoms with Crippen LogP contribution < -0.4 is 5.32 Å². The third-order valence-corrected chi connectivity index (χ3v) is 3.88. The molecule has 2 aromatic carbocycles. The van der Waals surface area contributed by atoms with Crippen LogP contribution in [0.3, 0.4) is 0 Å². The lowest BCUT2D eigenvalue weighted by Crippen LogP contribution is -2.45. The van der Waals surface area contributed by atoms with E-state index < -0.39 is 9.65 Å². The van der Waals surface area contributed by atoms with Crippen LogP contribution in [0.25, 0.3) is 0 Å². The molecule has 3 nitrogen and oxygen atoms in total. The summed E-state index contributed by atoms with van der Waals surface area (Å²) in [6.07, 6.45) is -0.781. The van der Waals surface area contributed by atoms with Gasteiger partial charge in [-0.3, -0.25) is 4.79 Å². The van der Waals surface area contributed by atoms with E-state index in [0.717, 1.165) is 5.56 Å². The summed E-state index contributed by atoms with van der Waals surface area (Å²) >= 11 is 2.07. The van der Waals surface area contributed by atoms with Crippen molar-refractivity contribution in [1.82, 2.24) is 5.32 Å². The van der Waals surface area contributed by atoms with Gasteiger partial charge in [-0.25, -0.2) is 0 Å². The van der Waals surface area contributed by atoms with Gasteiger partial charge in [0.25, 0.3) is 5.91 Å². The topological polar surface area (TPSA) is 49.3 Å². The minimum absolute atomic E-state index is 0.197. The molecule has 0 saturated carbocycles. The summed E-state index contributed by atoms with van der Waals surface area (Å²) in [4.78, 5) is 12.2. The average Bonchev–Trinajstić information content (AvgIpc) is 2.48. The monoisotopic (exact) mass is 381 g/mol. The first kappa shape index (κ1) is 15.0. The maximum atomic E-state index is 12.2. The third kappa shape index (κ3) is 3.58. The lowest BCUT2D eigenvalue weighted by atomic mass is 10.0. The van der Waals surface area contributed by atoms with E-state index in [1.54, 1.807) is 19.1 Å². The molecule has 4 heteroatoms. The minimum atomic E-state index is -0.786. The lowest BCUT2D eigenvalue weighted by Gasteiger charge is -2.30. The van der Waals surface area contributed by atoms with Crippen molar-refractivity contribution < 1.29 is 9.90 Å². The van der Waals surface area contributed by atoms with Crippen LogP contribution in [-0.2, 0) is 0 Å². The van der Waals surface area contributed by atoms with Gasteiger partial charge in [0, 0.05) is 5.56 Å². The largest absolute Gasteiger partial charge is 0.385 e. The zero-order chi connectivity index (χ0) is 14.6. The standard InChI is InChI=1S/C16H16INO2/c1-16(17,14(19)12-8-4-2-5-9-12)18-15(20)13-10-6-3-7-11-13/h2-11,14,19H,1H3,(H,18,20). The first-order valence-corrected chi connectivity index (χ1v) is 7.38. The van der Waals surface area contributed by atoms with Gasteiger partial charge in [-0.05, 0) is 24.6 Å². The second kappa shape index (κ2) is 6.37. The van der Waals surface area contributed by atoms with Crippen molar-refractivity contribution in [3.05, 3.63) is 71.8 Å². The van der Waals surface area contributed by atoms with Gasteiger partial charge in [0.05, 0.1) is 0 Å². The zero-order valence-corrected chi connectivity index (χ0v) is 13.2. The molecule has 2 unspecified atom stereocenters. The predicted octanol–water partition coefficient (Wildman–Crippen LogP) is 3.30. The number of aliphatic hydroxyl groups excluding tert-OH is 1. The molecule has 104 valence electrons. The Morgan fingerprint density at radius 3 is 2.15 bits per heavy atom. The molecule has 20 heavy (non-hydrogen) atoms. The van der Waals surface area contributed by atoms with E-state index in [-0.39, 0.29) is 5.91 Å². The van der Waals surface area contributed by atoms with Crippen molar-refractivity contribution in [3.8, 4) is 0 Å². The molecule has 2 N–H and O–H groups in total. The molecule has 2 atom stereocenters.